The van der Waals surface area contributed by atoms with E-state index in [1.165, 1.54) is 17.5 Å². The number of halogens is 2. The maximum Gasteiger partial charge on any atom is 0.355 e. The van der Waals surface area contributed by atoms with Gasteiger partial charge < -0.3 is 4.74 Å². The first kappa shape index (κ1) is 21.3. The summed E-state index contributed by atoms with van der Waals surface area (Å²) in [5.41, 5.74) is 0.816. The van der Waals surface area contributed by atoms with Crippen molar-refractivity contribution in [3.8, 4) is 5.75 Å². The summed E-state index contributed by atoms with van der Waals surface area (Å²) < 4.78 is 83.7. The summed E-state index contributed by atoms with van der Waals surface area (Å²) in [4.78, 5) is -0.438. The Bertz CT molecular complexity index is 1120. The Kier molecular flexibility index (Phi) is 5.72. The lowest BCUT2D eigenvalue weighted by molar-refractivity contribution is 0.236. The van der Waals surface area contributed by atoms with Crippen molar-refractivity contribution in [2.75, 3.05) is 22.7 Å². The zero-order chi connectivity index (χ0) is 21.4. The van der Waals surface area contributed by atoms with Crippen molar-refractivity contribution in [2.45, 2.75) is 29.9 Å². The number of nitrogens with zero attached hydrogens (tertiary/aromatic N) is 1. The molecule has 1 aliphatic heterocycles. The molecule has 2 aromatic rings. The average Bonchev–Trinajstić information content (AvgIpc) is 2.67. The molecule has 1 aliphatic rings. The van der Waals surface area contributed by atoms with Crippen LogP contribution in [0.5, 0.6) is 5.75 Å². The van der Waals surface area contributed by atoms with Crippen LogP contribution in [0, 0.1) is 0 Å². The first-order valence-corrected chi connectivity index (χ1v) is 11.7. The van der Waals surface area contributed by atoms with Crippen LogP contribution in [0.4, 0.5) is 20.2 Å². The third-order valence-corrected chi connectivity index (χ3v) is 7.59. The molecule has 0 saturated carbocycles. The molecule has 0 bridgehead atoms. The van der Waals surface area contributed by atoms with Gasteiger partial charge in [0.2, 0.25) is 0 Å². The van der Waals surface area contributed by atoms with Gasteiger partial charge in [-0.25, -0.2) is 16.8 Å². The van der Waals surface area contributed by atoms with E-state index in [1.54, 1.807) is 22.9 Å². The maximum atomic E-state index is 13.4. The Balaban J connectivity index is 2.14. The number of methoxy groups -OCH3 is 1. The molecule has 0 fully saturated rings. The topological polar surface area (TPSA) is 92.8 Å². The molecule has 158 valence electrons. The molecule has 29 heavy (non-hydrogen) atoms. The quantitative estimate of drug-likeness (QED) is 0.735. The fraction of sp³-hybridized carbons (Fsp3) is 0.333. The molecule has 0 amide bonds. The second-order valence-electron chi connectivity index (χ2n) is 6.60. The Labute approximate surface area is 168 Å². The molecule has 1 N–H and O–H groups in total. The normalized spacial score (nSPS) is 17.1. The molecule has 1 atom stereocenters. The number of hydrogen-bond acceptors (Lipinski definition) is 5. The van der Waals surface area contributed by atoms with E-state index in [0.717, 1.165) is 17.7 Å². The molecule has 1 heterocycles. The monoisotopic (exact) mass is 446 g/mol. The number of benzene rings is 2. The van der Waals surface area contributed by atoms with Gasteiger partial charge in [-0.05, 0) is 36.1 Å². The lowest BCUT2D eigenvalue weighted by Crippen LogP contribution is -2.37. The van der Waals surface area contributed by atoms with E-state index in [-0.39, 0.29) is 18.2 Å². The largest absolute Gasteiger partial charge is 0.497 e. The van der Waals surface area contributed by atoms with Gasteiger partial charge in [0, 0.05) is 12.6 Å². The third kappa shape index (κ3) is 4.01. The van der Waals surface area contributed by atoms with E-state index < -0.39 is 36.4 Å². The van der Waals surface area contributed by atoms with Crippen molar-refractivity contribution < 1.29 is 30.4 Å². The van der Waals surface area contributed by atoms with Crippen molar-refractivity contribution in [3.63, 3.8) is 0 Å². The first-order valence-electron chi connectivity index (χ1n) is 8.67. The minimum atomic E-state index is -5.08. The number of anilines is 2. The fourth-order valence-electron chi connectivity index (χ4n) is 3.23. The smallest absolute Gasteiger partial charge is 0.355 e. The van der Waals surface area contributed by atoms with Crippen molar-refractivity contribution in [1.82, 2.24) is 0 Å². The van der Waals surface area contributed by atoms with Crippen molar-refractivity contribution >= 4 is 31.4 Å². The molecule has 0 radical (unpaired) electrons. The SMILES string of the molecule is COc1ccc(S(=O)(=O)N2CC[C@@H](C)c3ccccc32)c(NS(=O)(=O)C(F)F)c1. The Morgan fingerprint density at radius 3 is 2.48 bits per heavy atom. The standard InChI is InChI=1S/C18H20F2N2O5S2/c1-12-9-10-22(16-6-4-3-5-14(12)16)29(25,26)17-8-7-13(27-2)11-15(17)21-28(23,24)18(19)20/h3-8,11-12,18,21H,9-10H2,1-2H3/t12-/m1/s1. The van der Waals surface area contributed by atoms with Gasteiger partial charge >= 0.3 is 5.76 Å². The van der Waals surface area contributed by atoms with Crippen LogP contribution in [0.2, 0.25) is 0 Å². The molecular weight excluding hydrogens is 426 g/mol. The zero-order valence-electron chi connectivity index (χ0n) is 15.7. The molecular formula is C18H20F2N2O5S2. The van der Waals surface area contributed by atoms with Gasteiger partial charge in [0.15, 0.2) is 0 Å². The second-order valence-corrected chi connectivity index (χ2v) is 10.1. The molecule has 2 aromatic carbocycles. The number of hydrogen-bond donors (Lipinski definition) is 1. The third-order valence-electron chi connectivity index (χ3n) is 4.74. The van der Waals surface area contributed by atoms with Crippen LogP contribution < -0.4 is 13.8 Å². The predicted octanol–water partition coefficient (Wildman–Crippen LogP) is 3.36. The van der Waals surface area contributed by atoms with E-state index in [4.69, 9.17) is 4.74 Å². The van der Waals surface area contributed by atoms with Crippen LogP contribution in [-0.2, 0) is 20.0 Å². The lowest BCUT2D eigenvalue weighted by atomic mass is 9.93. The fourth-order valence-corrected chi connectivity index (χ4v) is 5.49. The predicted molar refractivity (Wildman–Crippen MR) is 106 cm³/mol. The number of ether oxygens (including phenoxy) is 1. The molecule has 0 saturated heterocycles. The highest BCUT2D eigenvalue weighted by Crippen LogP contribution is 2.39. The van der Waals surface area contributed by atoms with E-state index in [1.807, 2.05) is 13.0 Å². The van der Waals surface area contributed by atoms with Crippen LogP contribution in [0.3, 0.4) is 0 Å². The van der Waals surface area contributed by atoms with Crippen LogP contribution in [0.1, 0.15) is 24.8 Å². The van der Waals surface area contributed by atoms with Gasteiger partial charge in [-0.1, -0.05) is 25.1 Å². The van der Waals surface area contributed by atoms with Gasteiger partial charge in [0.1, 0.15) is 10.6 Å². The summed E-state index contributed by atoms with van der Waals surface area (Å²) in [7, 11) is -8.04. The minimum Gasteiger partial charge on any atom is -0.497 e. The van der Waals surface area contributed by atoms with Crippen molar-refractivity contribution in [3.05, 3.63) is 48.0 Å². The molecule has 3 rings (SSSR count). The number of sulfonamides is 2. The minimum absolute atomic E-state index is 0.114. The molecule has 0 aliphatic carbocycles. The molecule has 0 unspecified atom stereocenters. The molecule has 0 aromatic heterocycles. The van der Waals surface area contributed by atoms with Crippen LogP contribution in [0.25, 0.3) is 0 Å². The number of rotatable bonds is 6. The summed E-state index contributed by atoms with van der Waals surface area (Å²) in [6.07, 6.45) is 0.560. The van der Waals surface area contributed by atoms with Crippen LogP contribution >= 0.6 is 0 Å². The van der Waals surface area contributed by atoms with E-state index >= 15 is 0 Å². The van der Waals surface area contributed by atoms with Crippen LogP contribution in [0.15, 0.2) is 47.4 Å². The second kappa shape index (κ2) is 7.79. The highest BCUT2D eigenvalue weighted by atomic mass is 32.2. The Morgan fingerprint density at radius 1 is 1.14 bits per heavy atom. The first-order chi connectivity index (χ1) is 13.6. The zero-order valence-corrected chi connectivity index (χ0v) is 17.3. The summed E-state index contributed by atoms with van der Waals surface area (Å²) >= 11 is 0. The number of nitrogens with one attached hydrogen (secondary N) is 1. The molecule has 0 spiro atoms. The van der Waals surface area contributed by atoms with Crippen molar-refractivity contribution in [2.24, 2.45) is 0 Å². The number of fused-ring (bicyclic) bond motifs is 1. The molecule has 7 nitrogen and oxygen atoms in total. The molecule has 11 heteroatoms. The van der Waals surface area contributed by atoms with Gasteiger partial charge in [0.05, 0.1) is 18.5 Å². The Hall–Kier alpha value is -2.40. The lowest BCUT2D eigenvalue weighted by Gasteiger charge is -2.34. The average molecular weight is 446 g/mol. The van der Waals surface area contributed by atoms with Gasteiger partial charge in [-0.15, -0.1) is 0 Å². The van der Waals surface area contributed by atoms with Crippen molar-refractivity contribution in [1.29, 1.82) is 0 Å². The van der Waals surface area contributed by atoms with Gasteiger partial charge in [-0.3, -0.25) is 9.03 Å². The highest BCUT2D eigenvalue weighted by Gasteiger charge is 2.34. The summed E-state index contributed by atoms with van der Waals surface area (Å²) in [6, 6.07) is 10.5. The van der Waals surface area contributed by atoms with Gasteiger partial charge in [-0.2, -0.15) is 8.78 Å². The van der Waals surface area contributed by atoms with Gasteiger partial charge in [0.25, 0.3) is 20.0 Å². The summed E-state index contributed by atoms with van der Waals surface area (Å²) in [6.45, 7) is 2.16. The van der Waals surface area contributed by atoms with E-state index in [2.05, 4.69) is 0 Å². The summed E-state index contributed by atoms with van der Waals surface area (Å²) in [5, 5.41) is 0. The highest BCUT2D eigenvalue weighted by molar-refractivity contribution is 7.94. The van der Waals surface area contributed by atoms with E-state index in [9.17, 15) is 25.6 Å². The number of alkyl halides is 2. The Morgan fingerprint density at radius 2 is 1.83 bits per heavy atom. The number of para-hydroxylation sites is 1. The van der Waals surface area contributed by atoms with Crippen LogP contribution in [-0.4, -0.2) is 36.2 Å². The maximum absolute atomic E-state index is 13.4. The summed E-state index contributed by atoms with van der Waals surface area (Å²) in [5.74, 6) is -3.46. The van der Waals surface area contributed by atoms with E-state index in [0.29, 0.717) is 12.1 Å².